The van der Waals surface area contributed by atoms with Gasteiger partial charge in [0.05, 0.1) is 5.56 Å². The molecule has 0 aliphatic carbocycles. The lowest BCUT2D eigenvalue weighted by Crippen LogP contribution is -2.21. The third kappa shape index (κ3) is 4.76. The van der Waals surface area contributed by atoms with E-state index in [0.717, 1.165) is 11.1 Å². The Hall–Kier alpha value is -2.47. The summed E-state index contributed by atoms with van der Waals surface area (Å²) in [4.78, 5) is 23.0. The number of aromatic carboxylic acids is 1. The van der Waals surface area contributed by atoms with E-state index in [-0.39, 0.29) is 23.0 Å². The second-order valence-corrected chi connectivity index (χ2v) is 6.99. The number of aryl methyl sites for hydroxylation is 1. The lowest BCUT2D eigenvalue weighted by atomic mass is 10.1. The van der Waals surface area contributed by atoms with Gasteiger partial charge in [0.1, 0.15) is 5.75 Å². The van der Waals surface area contributed by atoms with Crippen LogP contribution in [0.5, 0.6) is 0 Å². The van der Waals surface area contributed by atoms with Crippen molar-refractivity contribution < 1.29 is 18.9 Å². The SMILES string of the molecule is Cc1cccc(NC(=O)CS(=O)Cc2cccc(C(=O)O)c2)c1C. The molecule has 1 amide bonds. The van der Waals surface area contributed by atoms with Crippen LogP contribution in [-0.4, -0.2) is 26.9 Å². The van der Waals surface area contributed by atoms with E-state index in [9.17, 15) is 13.8 Å². The Morgan fingerprint density at radius 1 is 1.12 bits per heavy atom. The van der Waals surface area contributed by atoms with Crippen molar-refractivity contribution in [2.24, 2.45) is 0 Å². The summed E-state index contributed by atoms with van der Waals surface area (Å²) in [6.07, 6.45) is 0. The zero-order valence-corrected chi connectivity index (χ0v) is 14.4. The molecular weight excluding hydrogens is 326 g/mol. The summed E-state index contributed by atoms with van der Waals surface area (Å²) in [5.41, 5.74) is 3.53. The highest BCUT2D eigenvalue weighted by atomic mass is 32.2. The number of carbonyl (C=O) groups excluding carboxylic acids is 1. The average molecular weight is 345 g/mol. The van der Waals surface area contributed by atoms with Gasteiger partial charge in [0.25, 0.3) is 0 Å². The number of carboxylic acid groups (broad SMARTS) is 1. The molecule has 2 aromatic rings. The molecule has 0 heterocycles. The van der Waals surface area contributed by atoms with Gasteiger partial charge >= 0.3 is 5.97 Å². The molecule has 6 heteroatoms. The van der Waals surface area contributed by atoms with E-state index in [1.165, 1.54) is 12.1 Å². The monoisotopic (exact) mass is 345 g/mol. The predicted octanol–water partition coefficient (Wildman–Crippen LogP) is 2.89. The first-order chi connectivity index (χ1) is 11.4. The summed E-state index contributed by atoms with van der Waals surface area (Å²) in [7, 11) is -1.41. The van der Waals surface area contributed by atoms with Gasteiger partial charge in [-0.1, -0.05) is 24.3 Å². The van der Waals surface area contributed by atoms with Crippen LogP contribution < -0.4 is 5.32 Å². The quantitative estimate of drug-likeness (QED) is 0.843. The summed E-state index contributed by atoms with van der Waals surface area (Å²) in [5.74, 6) is -1.35. The molecule has 1 unspecified atom stereocenters. The first-order valence-electron chi connectivity index (χ1n) is 7.40. The maximum atomic E-state index is 12.1. The normalized spacial score (nSPS) is 11.8. The van der Waals surface area contributed by atoms with Crippen LogP contribution >= 0.6 is 0 Å². The Bertz CT molecular complexity index is 801. The van der Waals surface area contributed by atoms with E-state index in [4.69, 9.17) is 5.11 Å². The molecule has 2 N–H and O–H groups in total. The molecule has 0 saturated carbocycles. The Morgan fingerprint density at radius 3 is 2.54 bits per heavy atom. The molecule has 0 bridgehead atoms. The lowest BCUT2D eigenvalue weighted by molar-refractivity contribution is -0.113. The number of rotatable bonds is 6. The highest BCUT2D eigenvalue weighted by Gasteiger charge is 2.12. The first kappa shape index (κ1) is 17.9. The van der Waals surface area contributed by atoms with Crippen molar-refractivity contribution in [3.8, 4) is 0 Å². The summed E-state index contributed by atoms with van der Waals surface area (Å²) < 4.78 is 12.1. The van der Waals surface area contributed by atoms with Crippen molar-refractivity contribution in [2.45, 2.75) is 19.6 Å². The Kier molecular flexibility index (Phi) is 5.87. The maximum absolute atomic E-state index is 12.1. The van der Waals surface area contributed by atoms with Crippen LogP contribution in [0.2, 0.25) is 0 Å². The number of hydrogen-bond acceptors (Lipinski definition) is 3. The van der Waals surface area contributed by atoms with Crippen molar-refractivity contribution in [1.82, 2.24) is 0 Å². The minimum absolute atomic E-state index is 0.134. The lowest BCUT2D eigenvalue weighted by Gasteiger charge is -2.10. The van der Waals surface area contributed by atoms with Gasteiger partial charge in [-0.15, -0.1) is 0 Å². The van der Waals surface area contributed by atoms with Gasteiger partial charge in [-0.3, -0.25) is 9.00 Å². The number of nitrogens with one attached hydrogen (secondary N) is 1. The average Bonchev–Trinajstić information content (AvgIpc) is 2.51. The number of anilines is 1. The van der Waals surface area contributed by atoms with Crippen molar-refractivity contribution in [2.75, 3.05) is 11.1 Å². The molecule has 126 valence electrons. The third-order valence-electron chi connectivity index (χ3n) is 3.67. The fraction of sp³-hybridized carbons (Fsp3) is 0.222. The molecule has 1 atom stereocenters. The predicted molar refractivity (Wildman–Crippen MR) is 94.7 cm³/mol. The standard InChI is InChI=1S/C18H19NO4S/c1-12-5-3-8-16(13(12)2)19-17(20)11-24(23)10-14-6-4-7-15(9-14)18(21)22/h3-9H,10-11H2,1-2H3,(H,19,20)(H,21,22). The molecule has 5 nitrogen and oxygen atoms in total. The number of carbonyl (C=O) groups is 2. The van der Waals surface area contributed by atoms with Crippen LogP contribution in [0.25, 0.3) is 0 Å². The fourth-order valence-electron chi connectivity index (χ4n) is 2.25. The van der Waals surface area contributed by atoms with Gasteiger partial charge in [0, 0.05) is 22.2 Å². The van der Waals surface area contributed by atoms with Crippen molar-refractivity contribution >= 4 is 28.4 Å². The molecule has 24 heavy (non-hydrogen) atoms. The third-order valence-corrected chi connectivity index (χ3v) is 4.91. The topological polar surface area (TPSA) is 83.5 Å². The number of amides is 1. The zero-order valence-electron chi connectivity index (χ0n) is 13.5. The van der Waals surface area contributed by atoms with E-state index < -0.39 is 16.8 Å². The summed E-state index contributed by atoms with van der Waals surface area (Å²) >= 11 is 0. The summed E-state index contributed by atoms with van der Waals surface area (Å²) in [5, 5.41) is 11.7. The molecular formula is C18H19NO4S. The van der Waals surface area contributed by atoms with Gasteiger partial charge in [0.15, 0.2) is 0 Å². The summed E-state index contributed by atoms with van der Waals surface area (Å²) in [6, 6.07) is 11.9. The number of carboxylic acids is 1. The van der Waals surface area contributed by atoms with Crippen LogP contribution in [-0.2, 0) is 21.3 Å². The zero-order chi connectivity index (χ0) is 17.7. The molecule has 0 fully saturated rings. The highest BCUT2D eigenvalue weighted by Crippen LogP contribution is 2.18. The van der Waals surface area contributed by atoms with E-state index >= 15 is 0 Å². The Morgan fingerprint density at radius 2 is 1.83 bits per heavy atom. The Labute approximate surface area is 143 Å². The van der Waals surface area contributed by atoms with E-state index in [1.807, 2.05) is 26.0 Å². The summed E-state index contributed by atoms with van der Waals surface area (Å²) in [6.45, 7) is 3.87. The largest absolute Gasteiger partial charge is 0.478 e. The van der Waals surface area contributed by atoms with Gasteiger partial charge in [-0.25, -0.2) is 4.79 Å². The van der Waals surface area contributed by atoms with Gasteiger partial charge in [0.2, 0.25) is 5.91 Å². The van der Waals surface area contributed by atoms with Crippen LogP contribution in [0.4, 0.5) is 5.69 Å². The van der Waals surface area contributed by atoms with Gasteiger partial charge in [-0.05, 0) is 48.7 Å². The second kappa shape index (κ2) is 7.88. The molecule has 0 aromatic heterocycles. The molecule has 0 radical (unpaired) electrons. The molecule has 0 saturated heterocycles. The van der Waals surface area contributed by atoms with Crippen LogP contribution in [0.1, 0.15) is 27.0 Å². The van der Waals surface area contributed by atoms with Crippen LogP contribution in [0, 0.1) is 13.8 Å². The fourth-order valence-corrected chi connectivity index (χ4v) is 3.27. The van der Waals surface area contributed by atoms with Gasteiger partial charge in [-0.2, -0.15) is 0 Å². The maximum Gasteiger partial charge on any atom is 0.335 e. The Balaban J connectivity index is 1.97. The van der Waals surface area contributed by atoms with Crippen LogP contribution in [0.15, 0.2) is 42.5 Å². The van der Waals surface area contributed by atoms with E-state index in [2.05, 4.69) is 5.32 Å². The molecule has 2 rings (SSSR count). The van der Waals surface area contributed by atoms with Gasteiger partial charge < -0.3 is 10.4 Å². The second-order valence-electron chi connectivity index (χ2n) is 5.53. The highest BCUT2D eigenvalue weighted by molar-refractivity contribution is 7.84. The van der Waals surface area contributed by atoms with Crippen LogP contribution in [0.3, 0.4) is 0 Å². The number of hydrogen-bond donors (Lipinski definition) is 2. The smallest absolute Gasteiger partial charge is 0.335 e. The van der Waals surface area contributed by atoms with Crippen molar-refractivity contribution in [1.29, 1.82) is 0 Å². The van der Waals surface area contributed by atoms with E-state index in [0.29, 0.717) is 11.3 Å². The number of benzene rings is 2. The van der Waals surface area contributed by atoms with Crippen molar-refractivity contribution in [3.05, 3.63) is 64.7 Å². The molecule has 0 aliphatic rings. The first-order valence-corrected chi connectivity index (χ1v) is 8.89. The molecule has 0 aliphatic heterocycles. The molecule has 2 aromatic carbocycles. The minimum atomic E-state index is -1.41. The van der Waals surface area contributed by atoms with Crippen molar-refractivity contribution in [3.63, 3.8) is 0 Å². The van der Waals surface area contributed by atoms with E-state index in [1.54, 1.807) is 18.2 Å². The molecule has 0 spiro atoms. The minimum Gasteiger partial charge on any atom is -0.478 e.